The van der Waals surface area contributed by atoms with Crippen LogP contribution in [0.1, 0.15) is 45.6 Å². The van der Waals surface area contributed by atoms with Crippen LogP contribution in [0.15, 0.2) is 48.1 Å². The fraction of sp³-hybridized carbons (Fsp3) is 0.600. The summed E-state index contributed by atoms with van der Waals surface area (Å²) in [6.45, 7) is 7.54. The zero-order valence-corrected chi connectivity index (χ0v) is 23.4. The van der Waals surface area contributed by atoms with Crippen LogP contribution in [0.4, 0.5) is 18.9 Å². The number of aliphatic hydroxyl groups is 1. The van der Waals surface area contributed by atoms with Gasteiger partial charge in [0.2, 0.25) is 5.12 Å². The number of alkyl halides is 3. The fourth-order valence-electron chi connectivity index (χ4n) is 9.14. The van der Waals surface area contributed by atoms with Crippen molar-refractivity contribution in [2.24, 2.45) is 28.1 Å². The maximum Gasteiger partial charge on any atom is 0.226 e. The van der Waals surface area contributed by atoms with Crippen LogP contribution in [0.25, 0.3) is 0 Å². The van der Waals surface area contributed by atoms with Gasteiger partial charge >= 0.3 is 0 Å². The third-order valence-electron chi connectivity index (χ3n) is 11.2. The van der Waals surface area contributed by atoms with Gasteiger partial charge in [0.05, 0.1) is 18.3 Å². The number of allylic oxidation sites excluding steroid dienone is 4. The molecule has 1 aromatic rings. The highest BCUT2D eigenvalue weighted by molar-refractivity contribution is 8.13. The van der Waals surface area contributed by atoms with Gasteiger partial charge in [0.15, 0.2) is 17.1 Å². The van der Waals surface area contributed by atoms with E-state index >= 15 is 8.78 Å². The first kappa shape index (κ1) is 27.1. The number of ketones is 1. The molecule has 0 amide bonds. The zero-order valence-electron chi connectivity index (χ0n) is 22.5. The van der Waals surface area contributed by atoms with E-state index < -0.39 is 68.5 Å². The van der Waals surface area contributed by atoms with E-state index in [0.29, 0.717) is 24.7 Å². The summed E-state index contributed by atoms with van der Waals surface area (Å²) < 4.78 is 47.2. The Kier molecular flexibility index (Phi) is 5.88. The summed E-state index contributed by atoms with van der Waals surface area (Å²) in [5.41, 5.74) is -5.62. The Labute approximate surface area is 230 Å². The highest BCUT2D eigenvalue weighted by Gasteiger charge is 2.83. The third-order valence-corrected chi connectivity index (χ3v) is 11.8. The van der Waals surface area contributed by atoms with E-state index in [1.807, 2.05) is 45.0 Å². The highest BCUT2D eigenvalue weighted by Crippen LogP contribution is 2.78. The molecule has 9 atom stereocenters. The molecule has 1 N–H and O–H groups in total. The first-order valence-electron chi connectivity index (χ1n) is 13.5. The number of aryl methyl sites for hydroxylation is 1. The number of hydrogen-bond acceptors (Lipinski definition) is 6. The second-order valence-electron chi connectivity index (χ2n) is 12.7. The fourth-order valence-corrected chi connectivity index (χ4v) is 9.88. The zero-order chi connectivity index (χ0) is 28.2. The molecule has 1 aliphatic heterocycles. The maximum absolute atomic E-state index is 17.7. The number of aliphatic hydroxyl groups excluding tert-OH is 1. The summed E-state index contributed by atoms with van der Waals surface area (Å²) >= 11 is 0.533. The first-order valence-corrected chi connectivity index (χ1v) is 14.5. The number of fused-ring (bicyclic) bond motifs is 7. The Morgan fingerprint density at radius 1 is 1.26 bits per heavy atom. The molecular weight excluding hydrogens is 527 g/mol. The van der Waals surface area contributed by atoms with E-state index in [1.54, 1.807) is 12.0 Å². The number of halogens is 3. The molecule has 0 bridgehead atoms. The van der Waals surface area contributed by atoms with Crippen LogP contribution >= 0.6 is 11.8 Å². The van der Waals surface area contributed by atoms with Gasteiger partial charge in [-0.25, -0.2) is 13.2 Å². The molecule has 5 aliphatic rings. The third kappa shape index (κ3) is 3.13. The van der Waals surface area contributed by atoms with Gasteiger partial charge < -0.3 is 5.11 Å². The van der Waals surface area contributed by atoms with Crippen LogP contribution in [0.2, 0.25) is 0 Å². The molecule has 0 unspecified atom stereocenters. The van der Waals surface area contributed by atoms with E-state index in [4.69, 9.17) is 4.84 Å². The quantitative estimate of drug-likeness (QED) is 0.518. The standard InChI is InChI=1S/C30H34F3NO4S/c1-17-6-5-7-19(10-17)34-15-18-13-27(3)23-12-22(32)21-11-20(35)8-9-26(21,2)29(23,33)24(36)14-28(27,4)30(18,38-34)25(37)39-16-31/h5-11,18,22-24,36H,12-16H2,1-4H3/t18-,22-,23-,24-,26-,27-,28-,29-,30-/m0/s1. The number of hydrogen-bond donors (Lipinski definition) is 1. The number of nitrogens with zero attached hydrogens (tertiary/aromatic N) is 1. The molecule has 3 saturated carbocycles. The van der Waals surface area contributed by atoms with Crippen LogP contribution in [0.3, 0.4) is 0 Å². The van der Waals surface area contributed by atoms with Crippen LogP contribution in [-0.2, 0) is 14.4 Å². The van der Waals surface area contributed by atoms with Crippen molar-refractivity contribution >= 4 is 28.3 Å². The first-order chi connectivity index (χ1) is 18.3. The lowest BCUT2D eigenvalue weighted by Gasteiger charge is -2.67. The Hall–Kier alpha value is -2.10. The molecule has 0 spiro atoms. The van der Waals surface area contributed by atoms with Gasteiger partial charge in [0, 0.05) is 22.7 Å². The summed E-state index contributed by atoms with van der Waals surface area (Å²) in [6, 6.07) is 6.71. The minimum absolute atomic E-state index is 0.0545. The molecule has 1 aromatic carbocycles. The summed E-state index contributed by atoms with van der Waals surface area (Å²) in [5.74, 6) is -1.81. The maximum atomic E-state index is 17.7. The second-order valence-corrected chi connectivity index (χ2v) is 13.6. The topological polar surface area (TPSA) is 66.8 Å². The van der Waals surface area contributed by atoms with Crippen LogP contribution in [-0.4, -0.2) is 52.1 Å². The summed E-state index contributed by atoms with van der Waals surface area (Å²) in [7, 11) is 0. The molecule has 1 saturated heterocycles. The lowest BCUT2D eigenvalue weighted by Crippen LogP contribution is -2.73. The molecule has 0 aromatic heterocycles. The smallest absolute Gasteiger partial charge is 0.226 e. The van der Waals surface area contributed by atoms with Gasteiger partial charge in [-0.15, -0.1) is 0 Å². The average molecular weight is 562 g/mol. The molecule has 210 valence electrons. The molecular formula is C30H34F3NO4S. The van der Waals surface area contributed by atoms with Crippen LogP contribution in [0, 0.1) is 35.0 Å². The Bertz CT molecular complexity index is 1320. The second kappa shape index (κ2) is 8.46. The van der Waals surface area contributed by atoms with E-state index in [0.717, 1.165) is 11.3 Å². The normalized spacial score (nSPS) is 46.3. The van der Waals surface area contributed by atoms with Gasteiger partial charge in [-0.3, -0.25) is 19.5 Å². The molecule has 4 aliphatic carbocycles. The Morgan fingerprint density at radius 3 is 2.69 bits per heavy atom. The van der Waals surface area contributed by atoms with Crippen molar-refractivity contribution in [3.05, 3.63) is 53.6 Å². The van der Waals surface area contributed by atoms with Crippen molar-refractivity contribution in [1.29, 1.82) is 0 Å². The Balaban J connectivity index is 1.49. The predicted octanol–water partition coefficient (Wildman–Crippen LogP) is 5.61. The van der Waals surface area contributed by atoms with Crippen molar-refractivity contribution in [3.8, 4) is 0 Å². The molecule has 0 radical (unpaired) electrons. The highest BCUT2D eigenvalue weighted by atomic mass is 32.2. The number of hydroxylamine groups is 1. The lowest BCUT2D eigenvalue weighted by molar-refractivity contribution is -0.254. The van der Waals surface area contributed by atoms with Gasteiger partial charge in [-0.05, 0) is 73.9 Å². The SMILES string of the molecule is Cc1cccc(N2C[C@@H]3C[C@@]4(C)[C@@H]5C[C@H](F)C6=CC(=O)C=C[C@]6(C)[C@@]5(F)[C@@H](O)C[C@]4(C)[C@]3(C(=O)SCF)O2)c1. The van der Waals surface area contributed by atoms with Crippen molar-refractivity contribution in [2.45, 2.75) is 70.5 Å². The largest absolute Gasteiger partial charge is 0.390 e. The average Bonchev–Trinajstić information content (AvgIpc) is 3.34. The number of carbonyl (C=O) groups excluding carboxylic acids is 2. The molecule has 9 heteroatoms. The van der Waals surface area contributed by atoms with Crippen molar-refractivity contribution in [2.75, 3.05) is 17.6 Å². The molecule has 39 heavy (non-hydrogen) atoms. The van der Waals surface area contributed by atoms with E-state index in [2.05, 4.69) is 0 Å². The molecule has 1 heterocycles. The number of benzene rings is 1. The number of anilines is 1. The minimum atomic E-state index is -2.28. The Morgan fingerprint density at radius 2 is 2.00 bits per heavy atom. The van der Waals surface area contributed by atoms with E-state index in [1.165, 1.54) is 18.2 Å². The van der Waals surface area contributed by atoms with E-state index in [9.17, 15) is 19.1 Å². The summed E-state index contributed by atoms with van der Waals surface area (Å²) in [5, 5.41) is 12.9. The number of thioether (sulfide) groups is 1. The van der Waals surface area contributed by atoms with Crippen molar-refractivity contribution in [3.63, 3.8) is 0 Å². The predicted molar refractivity (Wildman–Crippen MR) is 143 cm³/mol. The van der Waals surface area contributed by atoms with Gasteiger partial charge in [0.1, 0.15) is 12.2 Å². The minimum Gasteiger partial charge on any atom is -0.390 e. The van der Waals surface area contributed by atoms with Crippen molar-refractivity contribution in [1.82, 2.24) is 0 Å². The summed E-state index contributed by atoms with van der Waals surface area (Å²) in [6.07, 6.45) is 0.655. The van der Waals surface area contributed by atoms with Gasteiger partial charge in [-0.2, -0.15) is 0 Å². The van der Waals surface area contributed by atoms with Gasteiger partial charge in [0.25, 0.3) is 0 Å². The van der Waals surface area contributed by atoms with Crippen molar-refractivity contribution < 1.29 is 32.7 Å². The lowest BCUT2D eigenvalue weighted by atomic mass is 9.40. The monoisotopic (exact) mass is 561 g/mol. The molecule has 6 rings (SSSR count). The van der Waals surface area contributed by atoms with Gasteiger partial charge in [-0.1, -0.05) is 43.8 Å². The van der Waals surface area contributed by atoms with Crippen LogP contribution < -0.4 is 5.06 Å². The van der Waals surface area contributed by atoms with E-state index in [-0.39, 0.29) is 18.4 Å². The summed E-state index contributed by atoms with van der Waals surface area (Å²) in [4.78, 5) is 32.6. The molecule has 5 nitrogen and oxygen atoms in total. The van der Waals surface area contributed by atoms with Crippen LogP contribution in [0.5, 0.6) is 0 Å². The molecule has 4 fully saturated rings. The number of carbonyl (C=O) groups is 2. The number of rotatable bonds is 3.